The number of rotatable bonds is 6. The molecule has 0 aromatic heterocycles. The maximum atomic E-state index is 4.78. The summed E-state index contributed by atoms with van der Waals surface area (Å²) in [7, 11) is 3.36. The van der Waals surface area contributed by atoms with Crippen LogP contribution in [0.5, 0.6) is 0 Å². The number of ether oxygens (including phenoxy) is 1. The van der Waals surface area contributed by atoms with Crippen molar-refractivity contribution < 1.29 is 4.74 Å². The largest absolute Gasteiger partial charge is 0.370 e. The smallest absolute Gasteiger partial charge is 0.0963 e. The summed E-state index contributed by atoms with van der Waals surface area (Å²) in [6, 6.07) is 0. The second kappa shape index (κ2) is 9.13. The zero-order chi connectivity index (χ0) is 8.36. The average molecular weight is 157 g/mol. The Labute approximate surface area is 67.3 Å². The van der Waals surface area contributed by atoms with Crippen molar-refractivity contribution in [2.45, 2.75) is 0 Å². The van der Waals surface area contributed by atoms with Gasteiger partial charge in [-0.25, -0.2) is 0 Å². The van der Waals surface area contributed by atoms with E-state index in [-0.39, 0.29) is 0 Å². The molecule has 0 saturated carbocycles. The van der Waals surface area contributed by atoms with Gasteiger partial charge in [0.2, 0.25) is 0 Å². The number of hydrogen-bond donors (Lipinski definition) is 2. The Morgan fingerprint density at radius 1 is 1.55 bits per heavy atom. The van der Waals surface area contributed by atoms with E-state index in [0.29, 0.717) is 6.73 Å². The van der Waals surface area contributed by atoms with Gasteiger partial charge < -0.3 is 10.1 Å². The van der Waals surface area contributed by atoms with Crippen molar-refractivity contribution in [2.24, 2.45) is 4.99 Å². The zero-order valence-electron chi connectivity index (χ0n) is 7.00. The van der Waals surface area contributed by atoms with E-state index in [9.17, 15) is 0 Å². The monoisotopic (exact) mass is 157 g/mol. The topological polar surface area (TPSA) is 45.7 Å². The lowest BCUT2D eigenvalue weighted by Gasteiger charge is -1.96. The van der Waals surface area contributed by atoms with E-state index in [1.807, 2.05) is 12.3 Å². The molecule has 0 atom stereocenters. The Bertz CT molecular complexity index is 123. The summed E-state index contributed by atoms with van der Waals surface area (Å²) in [5.41, 5.74) is 0. The van der Waals surface area contributed by atoms with Gasteiger partial charge in [-0.05, 0) is 6.20 Å². The molecule has 0 bridgehead atoms. The first-order valence-electron chi connectivity index (χ1n) is 3.43. The highest BCUT2D eigenvalue weighted by atomic mass is 16.5. The molecule has 0 aliphatic carbocycles. The molecule has 0 spiro atoms. The summed E-state index contributed by atoms with van der Waals surface area (Å²) in [4.78, 5) is 3.74. The lowest BCUT2D eigenvalue weighted by molar-refractivity contribution is 0.179. The second-order valence-corrected chi connectivity index (χ2v) is 1.84. The summed E-state index contributed by atoms with van der Waals surface area (Å²) >= 11 is 0. The first-order chi connectivity index (χ1) is 5.41. The molecular formula is C7H15N3O. The summed E-state index contributed by atoms with van der Waals surface area (Å²) in [5.74, 6) is 0. The maximum absolute atomic E-state index is 4.78. The SMILES string of the molecule is CN=CN/C=C/CNCOC. The number of methoxy groups -OCH3 is 1. The molecular weight excluding hydrogens is 142 g/mol. The van der Waals surface area contributed by atoms with E-state index in [1.165, 1.54) is 0 Å². The quantitative estimate of drug-likeness (QED) is 0.246. The van der Waals surface area contributed by atoms with Crippen molar-refractivity contribution in [3.8, 4) is 0 Å². The van der Waals surface area contributed by atoms with Gasteiger partial charge in [0.05, 0.1) is 13.1 Å². The number of nitrogens with one attached hydrogen (secondary N) is 2. The van der Waals surface area contributed by atoms with Crippen molar-refractivity contribution in [2.75, 3.05) is 27.4 Å². The molecule has 0 aromatic carbocycles. The van der Waals surface area contributed by atoms with E-state index in [2.05, 4.69) is 15.6 Å². The fourth-order valence-electron chi connectivity index (χ4n) is 0.489. The van der Waals surface area contributed by atoms with Crippen LogP contribution in [0.3, 0.4) is 0 Å². The number of aliphatic imine (C=N–C) groups is 1. The lowest BCUT2D eigenvalue weighted by atomic mass is 10.6. The van der Waals surface area contributed by atoms with Gasteiger partial charge >= 0.3 is 0 Å². The third-order valence-corrected chi connectivity index (χ3v) is 0.926. The highest BCUT2D eigenvalue weighted by Gasteiger charge is 1.75. The van der Waals surface area contributed by atoms with Gasteiger partial charge in [-0.15, -0.1) is 0 Å². The first kappa shape index (κ1) is 10.1. The van der Waals surface area contributed by atoms with Gasteiger partial charge in [0.1, 0.15) is 0 Å². The predicted octanol–water partition coefficient (Wildman–Crippen LogP) is -0.0587. The van der Waals surface area contributed by atoms with Crippen LogP contribution in [0.15, 0.2) is 17.3 Å². The third kappa shape index (κ3) is 9.13. The molecule has 2 N–H and O–H groups in total. The van der Waals surface area contributed by atoms with Crippen LogP contribution in [0.2, 0.25) is 0 Å². The van der Waals surface area contributed by atoms with Crippen molar-refractivity contribution in [1.82, 2.24) is 10.6 Å². The first-order valence-corrected chi connectivity index (χ1v) is 3.43. The van der Waals surface area contributed by atoms with Gasteiger partial charge in [-0.2, -0.15) is 0 Å². The minimum atomic E-state index is 0.576. The number of nitrogens with zero attached hydrogens (tertiary/aromatic N) is 1. The van der Waals surface area contributed by atoms with Crippen LogP contribution in [-0.2, 0) is 4.74 Å². The Morgan fingerprint density at radius 3 is 3.00 bits per heavy atom. The zero-order valence-corrected chi connectivity index (χ0v) is 7.00. The predicted molar refractivity (Wildman–Crippen MR) is 46.6 cm³/mol. The molecule has 0 heterocycles. The van der Waals surface area contributed by atoms with Crippen LogP contribution >= 0.6 is 0 Å². The molecule has 0 amide bonds. The van der Waals surface area contributed by atoms with Crippen LogP contribution in [0.25, 0.3) is 0 Å². The molecule has 64 valence electrons. The molecule has 4 nitrogen and oxygen atoms in total. The third-order valence-electron chi connectivity index (χ3n) is 0.926. The minimum Gasteiger partial charge on any atom is -0.370 e. The molecule has 0 aromatic rings. The molecule has 0 rings (SSSR count). The van der Waals surface area contributed by atoms with Crippen molar-refractivity contribution >= 4 is 6.34 Å². The van der Waals surface area contributed by atoms with Crippen LogP contribution in [0.1, 0.15) is 0 Å². The minimum absolute atomic E-state index is 0.576. The van der Waals surface area contributed by atoms with E-state index >= 15 is 0 Å². The normalized spacial score (nSPS) is 11.5. The van der Waals surface area contributed by atoms with Crippen molar-refractivity contribution in [3.63, 3.8) is 0 Å². The summed E-state index contributed by atoms with van der Waals surface area (Å²) in [6.07, 6.45) is 5.38. The van der Waals surface area contributed by atoms with Crippen LogP contribution in [-0.4, -0.2) is 33.8 Å². The van der Waals surface area contributed by atoms with E-state index in [4.69, 9.17) is 4.74 Å². The molecule has 0 saturated heterocycles. The van der Waals surface area contributed by atoms with Gasteiger partial charge in [0.25, 0.3) is 0 Å². The highest BCUT2D eigenvalue weighted by molar-refractivity contribution is 5.55. The summed E-state index contributed by atoms with van der Waals surface area (Å²) < 4.78 is 4.78. The summed E-state index contributed by atoms with van der Waals surface area (Å²) in [6.45, 7) is 1.37. The van der Waals surface area contributed by atoms with Gasteiger partial charge in [-0.3, -0.25) is 10.3 Å². The van der Waals surface area contributed by atoms with Gasteiger partial charge in [0, 0.05) is 20.7 Å². The molecule has 0 fully saturated rings. The Morgan fingerprint density at radius 2 is 2.36 bits per heavy atom. The van der Waals surface area contributed by atoms with Crippen LogP contribution < -0.4 is 10.6 Å². The molecule has 0 radical (unpaired) electrons. The standard InChI is InChI=1S/C7H15N3O/c1-8-6-9-4-3-5-10-7-11-2/h3-4,6,10H,5,7H2,1-2H3,(H,8,9)/b4-3+. The van der Waals surface area contributed by atoms with E-state index < -0.39 is 0 Å². The van der Waals surface area contributed by atoms with Gasteiger partial charge in [-0.1, -0.05) is 6.08 Å². The molecule has 0 aliphatic rings. The fourth-order valence-corrected chi connectivity index (χ4v) is 0.489. The average Bonchev–Trinajstić information content (AvgIpc) is 2.03. The molecule has 0 unspecified atom stereocenters. The fraction of sp³-hybridized carbons (Fsp3) is 0.571. The Hall–Kier alpha value is -0.870. The van der Waals surface area contributed by atoms with Gasteiger partial charge in [0.15, 0.2) is 0 Å². The Balaban J connectivity index is 3.03. The maximum Gasteiger partial charge on any atom is 0.0963 e. The Kier molecular flexibility index (Phi) is 8.41. The van der Waals surface area contributed by atoms with Crippen LogP contribution in [0.4, 0.5) is 0 Å². The molecule has 4 heteroatoms. The lowest BCUT2D eigenvalue weighted by Crippen LogP contribution is -2.16. The van der Waals surface area contributed by atoms with Crippen LogP contribution in [0, 0.1) is 0 Å². The molecule has 11 heavy (non-hydrogen) atoms. The second-order valence-electron chi connectivity index (χ2n) is 1.84. The number of hydrogen-bond acceptors (Lipinski definition) is 3. The highest BCUT2D eigenvalue weighted by Crippen LogP contribution is 1.65. The van der Waals surface area contributed by atoms with Crippen molar-refractivity contribution in [1.29, 1.82) is 0 Å². The molecule has 0 aliphatic heterocycles. The van der Waals surface area contributed by atoms with E-state index in [0.717, 1.165) is 6.54 Å². The summed E-state index contributed by atoms with van der Waals surface area (Å²) in [5, 5.41) is 5.88. The van der Waals surface area contributed by atoms with E-state index in [1.54, 1.807) is 20.5 Å². The van der Waals surface area contributed by atoms with Crippen molar-refractivity contribution in [3.05, 3.63) is 12.3 Å².